The normalized spacial score (nSPS) is 15.0. The third-order valence-corrected chi connectivity index (χ3v) is 6.18. The van der Waals surface area contributed by atoms with Crippen molar-refractivity contribution < 1.29 is 14.3 Å². The van der Waals surface area contributed by atoms with Gasteiger partial charge in [0.1, 0.15) is 0 Å². The molecule has 1 aliphatic heterocycles. The Hall–Kier alpha value is -3.86. The highest BCUT2D eigenvalue weighted by atomic mass is 16.5. The number of amides is 1. The Labute approximate surface area is 194 Å². The molecule has 0 radical (unpaired) electrons. The first-order chi connectivity index (χ1) is 15.7. The van der Waals surface area contributed by atoms with Crippen molar-refractivity contribution in [3.05, 3.63) is 99.5 Å². The van der Waals surface area contributed by atoms with Gasteiger partial charge in [0.15, 0.2) is 0 Å². The predicted molar refractivity (Wildman–Crippen MR) is 131 cm³/mol. The van der Waals surface area contributed by atoms with E-state index in [0.717, 1.165) is 39.5 Å². The second-order valence-electron chi connectivity index (χ2n) is 8.44. The van der Waals surface area contributed by atoms with Crippen LogP contribution >= 0.6 is 0 Å². The number of esters is 1. The Bertz CT molecular complexity index is 1340. The summed E-state index contributed by atoms with van der Waals surface area (Å²) in [6.45, 7) is 9.90. The van der Waals surface area contributed by atoms with Gasteiger partial charge >= 0.3 is 5.97 Å². The van der Waals surface area contributed by atoms with Crippen molar-refractivity contribution in [3.63, 3.8) is 0 Å². The third-order valence-electron chi connectivity index (χ3n) is 6.18. The third kappa shape index (κ3) is 3.80. The quantitative estimate of drug-likeness (QED) is 0.393. The second-order valence-corrected chi connectivity index (χ2v) is 8.44. The average molecular weight is 441 g/mol. The Kier molecular flexibility index (Phi) is 5.81. The average Bonchev–Trinajstić information content (AvgIpc) is 3.20. The Balaban J connectivity index is 1.87. The smallest absolute Gasteiger partial charge is 0.340 e. The van der Waals surface area contributed by atoms with E-state index in [1.54, 1.807) is 11.8 Å². The van der Waals surface area contributed by atoms with E-state index in [9.17, 15) is 9.59 Å². The number of aryl methyl sites for hydroxylation is 3. The molecule has 2 aromatic carbocycles. The number of methoxy groups -OCH3 is 1. The number of anilines is 1. The molecule has 2 heterocycles. The lowest BCUT2D eigenvalue weighted by Crippen LogP contribution is -2.24. The molecule has 5 heteroatoms. The molecule has 5 nitrogen and oxygen atoms in total. The SMILES string of the molecule is COC(=O)C1=C(C)N(c2cccc(C)c2)C(=O)/C1=C\c1cc(C)n(-c2ccccc2C)c1C. The van der Waals surface area contributed by atoms with E-state index in [1.807, 2.05) is 69.3 Å². The maximum atomic E-state index is 13.6. The summed E-state index contributed by atoms with van der Waals surface area (Å²) in [5, 5.41) is 0. The molecule has 3 aromatic rings. The van der Waals surface area contributed by atoms with Gasteiger partial charge in [0.25, 0.3) is 5.91 Å². The summed E-state index contributed by atoms with van der Waals surface area (Å²) in [6.07, 6.45) is 1.81. The molecule has 0 atom stereocenters. The highest BCUT2D eigenvalue weighted by molar-refractivity contribution is 6.23. The van der Waals surface area contributed by atoms with Crippen LogP contribution < -0.4 is 4.90 Å². The minimum Gasteiger partial charge on any atom is -0.465 e. The van der Waals surface area contributed by atoms with Gasteiger partial charge in [-0.1, -0.05) is 30.3 Å². The zero-order chi connectivity index (χ0) is 23.9. The van der Waals surface area contributed by atoms with Gasteiger partial charge < -0.3 is 9.30 Å². The maximum Gasteiger partial charge on any atom is 0.340 e. The van der Waals surface area contributed by atoms with Crippen molar-refractivity contribution in [2.75, 3.05) is 12.0 Å². The number of hydrogen-bond donors (Lipinski definition) is 0. The molecule has 0 bridgehead atoms. The van der Waals surface area contributed by atoms with Crippen LogP contribution in [0, 0.1) is 27.7 Å². The summed E-state index contributed by atoms with van der Waals surface area (Å²) in [5.74, 6) is -0.755. The minimum absolute atomic E-state index is 0.237. The molecular weight excluding hydrogens is 412 g/mol. The molecule has 1 amide bonds. The van der Waals surface area contributed by atoms with Crippen molar-refractivity contribution >= 4 is 23.6 Å². The molecule has 33 heavy (non-hydrogen) atoms. The lowest BCUT2D eigenvalue weighted by Gasteiger charge is -2.18. The molecule has 168 valence electrons. The number of nitrogens with zero attached hydrogens (tertiary/aromatic N) is 2. The van der Waals surface area contributed by atoms with E-state index in [2.05, 4.69) is 23.6 Å². The fraction of sp³-hybridized carbons (Fsp3) is 0.214. The molecule has 0 aliphatic carbocycles. The van der Waals surface area contributed by atoms with Crippen LogP contribution in [0.25, 0.3) is 11.8 Å². The molecule has 0 fully saturated rings. The van der Waals surface area contributed by atoms with Gasteiger partial charge in [0.2, 0.25) is 0 Å². The van der Waals surface area contributed by atoms with Gasteiger partial charge in [-0.3, -0.25) is 9.69 Å². The lowest BCUT2D eigenvalue weighted by atomic mass is 10.0. The van der Waals surface area contributed by atoms with Gasteiger partial charge in [-0.05, 0) is 81.7 Å². The summed E-state index contributed by atoms with van der Waals surface area (Å²) >= 11 is 0. The summed E-state index contributed by atoms with van der Waals surface area (Å²) in [5.41, 5.74) is 8.15. The van der Waals surface area contributed by atoms with Crippen LogP contribution in [-0.4, -0.2) is 23.6 Å². The number of carbonyl (C=O) groups excluding carboxylic acids is 2. The van der Waals surface area contributed by atoms with E-state index < -0.39 is 5.97 Å². The van der Waals surface area contributed by atoms with Crippen molar-refractivity contribution in [1.29, 1.82) is 0 Å². The van der Waals surface area contributed by atoms with Crippen molar-refractivity contribution in [2.45, 2.75) is 34.6 Å². The number of benzene rings is 2. The zero-order valence-electron chi connectivity index (χ0n) is 19.9. The number of para-hydroxylation sites is 1. The highest BCUT2D eigenvalue weighted by Crippen LogP contribution is 2.36. The van der Waals surface area contributed by atoms with Crippen LogP contribution in [0.4, 0.5) is 5.69 Å². The van der Waals surface area contributed by atoms with E-state index in [1.165, 1.54) is 7.11 Å². The Morgan fingerprint density at radius 1 is 0.939 bits per heavy atom. The van der Waals surface area contributed by atoms with Crippen LogP contribution in [0.15, 0.2) is 71.4 Å². The van der Waals surface area contributed by atoms with E-state index in [0.29, 0.717) is 16.8 Å². The summed E-state index contributed by atoms with van der Waals surface area (Å²) < 4.78 is 7.23. The Morgan fingerprint density at radius 3 is 2.33 bits per heavy atom. The molecular formula is C28H28N2O3. The molecule has 1 aliphatic rings. The molecule has 0 unspecified atom stereocenters. The first-order valence-corrected chi connectivity index (χ1v) is 10.9. The van der Waals surface area contributed by atoms with Gasteiger partial charge in [0.05, 0.1) is 18.3 Å². The predicted octanol–water partition coefficient (Wildman–Crippen LogP) is 5.59. The van der Waals surface area contributed by atoms with E-state index in [4.69, 9.17) is 4.74 Å². The van der Waals surface area contributed by atoms with Crippen molar-refractivity contribution in [1.82, 2.24) is 4.57 Å². The molecule has 4 rings (SSSR count). The number of allylic oxidation sites excluding steroid dienone is 1. The second kappa shape index (κ2) is 8.58. The van der Waals surface area contributed by atoms with Crippen LogP contribution in [0.5, 0.6) is 0 Å². The monoisotopic (exact) mass is 440 g/mol. The van der Waals surface area contributed by atoms with Gasteiger partial charge in [0, 0.05) is 28.5 Å². The zero-order valence-corrected chi connectivity index (χ0v) is 19.9. The number of hydrogen-bond acceptors (Lipinski definition) is 3. The first-order valence-electron chi connectivity index (χ1n) is 10.9. The molecule has 0 saturated carbocycles. The number of aromatic nitrogens is 1. The molecule has 0 saturated heterocycles. The fourth-order valence-corrected chi connectivity index (χ4v) is 4.53. The summed E-state index contributed by atoms with van der Waals surface area (Å²) in [4.78, 5) is 27.9. The number of ether oxygens (including phenoxy) is 1. The minimum atomic E-state index is -0.519. The maximum absolute atomic E-state index is 13.6. The molecule has 0 N–H and O–H groups in total. The first kappa shape index (κ1) is 22.3. The van der Waals surface area contributed by atoms with Crippen LogP contribution in [-0.2, 0) is 14.3 Å². The number of rotatable bonds is 4. The van der Waals surface area contributed by atoms with E-state index >= 15 is 0 Å². The van der Waals surface area contributed by atoms with E-state index in [-0.39, 0.29) is 5.91 Å². The largest absolute Gasteiger partial charge is 0.465 e. The number of carbonyl (C=O) groups is 2. The molecule has 0 spiro atoms. The fourth-order valence-electron chi connectivity index (χ4n) is 4.53. The van der Waals surface area contributed by atoms with Gasteiger partial charge in [-0.2, -0.15) is 0 Å². The standard InChI is InChI=1S/C28H28N2O3/c1-17-10-9-12-23(14-17)30-21(5)26(28(32)33-6)24(27(30)31)16-22-15-19(3)29(20(22)4)25-13-8-7-11-18(25)2/h7-16H,1-6H3/b24-16-. The van der Waals surface area contributed by atoms with Crippen molar-refractivity contribution in [2.24, 2.45) is 0 Å². The topological polar surface area (TPSA) is 51.5 Å². The van der Waals surface area contributed by atoms with Gasteiger partial charge in [-0.15, -0.1) is 0 Å². The summed E-state index contributed by atoms with van der Waals surface area (Å²) in [7, 11) is 1.34. The summed E-state index contributed by atoms with van der Waals surface area (Å²) in [6, 6.07) is 17.9. The van der Waals surface area contributed by atoms with Crippen LogP contribution in [0.3, 0.4) is 0 Å². The Morgan fingerprint density at radius 2 is 1.67 bits per heavy atom. The highest BCUT2D eigenvalue weighted by Gasteiger charge is 2.38. The lowest BCUT2D eigenvalue weighted by molar-refractivity contribution is -0.136. The van der Waals surface area contributed by atoms with Crippen LogP contribution in [0.1, 0.15) is 35.0 Å². The molecule has 1 aromatic heterocycles. The van der Waals surface area contributed by atoms with Gasteiger partial charge in [-0.25, -0.2) is 4.79 Å². The van der Waals surface area contributed by atoms with Crippen LogP contribution in [0.2, 0.25) is 0 Å². The van der Waals surface area contributed by atoms with Crippen molar-refractivity contribution in [3.8, 4) is 5.69 Å².